The number of benzene rings is 3. The van der Waals surface area contributed by atoms with Crippen molar-refractivity contribution in [2.24, 2.45) is 0 Å². The molecule has 0 aliphatic heterocycles. The van der Waals surface area contributed by atoms with E-state index in [1.54, 1.807) is 0 Å². The van der Waals surface area contributed by atoms with E-state index in [1.807, 2.05) is 0 Å². The molecule has 0 heterocycles. The zero-order valence-corrected chi connectivity index (χ0v) is 23.2. The van der Waals surface area contributed by atoms with E-state index in [0.717, 1.165) is 13.1 Å². The lowest BCUT2D eigenvalue weighted by molar-refractivity contribution is -0.676. The van der Waals surface area contributed by atoms with Crippen molar-refractivity contribution in [1.29, 1.82) is 0 Å². The maximum absolute atomic E-state index is 3.89. The zero-order valence-electron chi connectivity index (χ0n) is 20.1. The van der Waals surface area contributed by atoms with E-state index in [-0.39, 0.29) is 49.6 Å². The Morgan fingerprint density at radius 1 is 0.529 bits per heavy atom. The van der Waals surface area contributed by atoms with Crippen molar-refractivity contribution < 1.29 is 71.3 Å². The lowest BCUT2D eigenvalue weighted by atomic mass is 9.97. The molecular formula is C26H42Cl4N4. The van der Waals surface area contributed by atoms with Crippen molar-refractivity contribution in [2.75, 3.05) is 39.3 Å². The van der Waals surface area contributed by atoms with Crippen LogP contribution in [0.25, 0.3) is 21.5 Å². The average molecular weight is 552 g/mol. The number of quaternary nitrogens is 4. The molecule has 8 heteroatoms. The van der Waals surface area contributed by atoms with Crippen LogP contribution in [0.5, 0.6) is 0 Å². The lowest BCUT2D eigenvalue weighted by Crippen LogP contribution is -3.00. The molecule has 194 valence electrons. The fourth-order valence-corrected chi connectivity index (χ4v) is 4.31. The number of unbranched alkanes of at least 4 members (excludes halogenated alkanes) is 2. The molecule has 3 rings (SSSR count). The van der Waals surface area contributed by atoms with Gasteiger partial charge in [0.2, 0.25) is 0 Å². The summed E-state index contributed by atoms with van der Waals surface area (Å²) in [6.07, 6.45) is 6.57. The number of hydrogen-bond acceptors (Lipinski definition) is 0. The molecule has 3 aromatic carbocycles. The van der Waals surface area contributed by atoms with Gasteiger partial charge in [0.15, 0.2) is 0 Å². The third kappa shape index (κ3) is 11.7. The van der Waals surface area contributed by atoms with Crippen molar-refractivity contribution in [1.82, 2.24) is 0 Å². The Morgan fingerprint density at radius 3 is 1.41 bits per heavy atom. The van der Waals surface area contributed by atoms with Gasteiger partial charge in [-0.1, -0.05) is 48.5 Å². The Bertz CT molecular complexity index is 841. The highest BCUT2D eigenvalue weighted by Crippen LogP contribution is 2.27. The summed E-state index contributed by atoms with van der Waals surface area (Å²) >= 11 is 0. The Hall–Kier alpha value is -0.820. The summed E-state index contributed by atoms with van der Waals surface area (Å²) < 4.78 is 0. The van der Waals surface area contributed by atoms with Crippen molar-refractivity contribution in [3.05, 3.63) is 60.2 Å². The van der Waals surface area contributed by atoms with Gasteiger partial charge in [-0.05, 0) is 27.6 Å². The second kappa shape index (κ2) is 21.5. The van der Waals surface area contributed by atoms with E-state index in [4.69, 9.17) is 0 Å². The minimum absolute atomic E-state index is 0. The third-order valence-electron chi connectivity index (χ3n) is 6.02. The maximum atomic E-state index is 3.89. The molecule has 0 saturated heterocycles. The van der Waals surface area contributed by atoms with E-state index < -0.39 is 0 Å². The SMILES string of the molecule is [Cl-].[Cl-].[Cl-].[Cl-].[NH3+]CCC[NH2+]CCCC[NH2+]CCCC[NH2+]Cc1c2ccccc2cc2ccccc12. The van der Waals surface area contributed by atoms with Gasteiger partial charge in [-0.15, -0.1) is 0 Å². The molecule has 0 unspecified atom stereocenters. The Kier molecular flexibility index (Phi) is 22.3. The highest BCUT2D eigenvalue weighted by molar-refractivity contribution is 6.02. The van der Waals surface area contributed by atoms with E-state index in [9.17, 15) is 0 Å². The minimum Gasteiger partial charge on any atom is -1.00 e. The summed E-state index contributed by atoms with van der Waals surface area (Å²) in [6.45, 7) is 8.44. The Morgan fingerprint density at radius 2 is 0.941 bits per heavy atom. The first kappa shape index (κ1) is 35.3. The zero-order chi connectivity index (χ0) is 20.9. The predicted molar refractivity (Wildman–Crippen MR) is 126 cm³/mol. The van der Waals surface area contributed by atoms with Crippen LogP contribution in [-0.2, 0) is 6.54 Å². The number of halogens is 4. The molecule has 4 nitrogen and oxygen atoms in total. The van der Waals surface area contributed by atoms with Gasteiger partial charge in [0, 0.05) is 37.7 Å². The van der Waals surface area contributed by atoms with Gasteiger partial charge >= 0.3 is 0 Å². The van der Waals surface area contributed by atoms with Crippen molar-refractivity contribution in [3.63, 3.8) is 0 Å². The summed E-state index contributed by atoms with van der Waals surface area (Å²) in [5.41, 5.74) is 5.38. The molecule has 0 radical (unpaired) electrons. The average Bonchev–Trinajstić information content (AvgIpc) is 2.78. The number of rotatable bonds is 15. The lowest BCUT2D eigenvalue weighted by Gasteiger charge is -2.11. The molecule has 3 aromatic rings. The predicted octanol–water partition coefficient (Wildman–Crippen LogP) is -11.6. The van der Waals surface area contributed by atoms with Crippen LogP contribution in [-0.4, -0.2) is 39.3 Å². The summed E-state index contributed by atoms with van der Waals surface area (Å²) in [4.78, 5) is 0. The molecule has 0 saturated carbocycles. The molecule has 0 aromatic heterocycles. The summed E-state index contributed by atoms with van der Waals surface area (Å²) in [5, 5.41) is 13.0. The van der Waals surface area contributed by atoms with Gasteiger partial charge < -0.3 is 71.3 Å². The molecular weight excluding hydrogens is 510 g/mol. The fourth-order valence-electron chi connectivity index (χ4n) is 4.31. The quantitative estimate of drug-likeness (QED) is 0.107. The molecule has 0 bridgehead atoms. The van der Waals surface area contributed by atoms with Gasteiger partial charge in [-0.25, -0.2) is 0 Å². The third-order valence-corrected chi connectivity index (χ3v) is 6.02. The smallest absolute Gasteiger partial charge is 0.102 e. The van der Waals surface area contributed by atoms with Crippen LogP contribution in [0.1, 0.15) is 37.7 Å². The van der Waals surface area contributed by atoms with Gasteiger partial charge in [0.05, 0.1) is 39.3 Å². The largest absolute Gasteiger partial charge is 1.00 e. The molecule has 34 heavy (non-hydrogen) atoms. The normalized spacial score (nSPS) is 10.1. The van der Waals surface area contributed by atoms with Gasteiger partial charge in [0.1, 0.15) is 6.54 Å². The standard InChI is InChI=1S/C26H38N4.4ClH/c27-14-9-19-29-17-6-5-15-28-16-7-8-18-30-21-26-24-12-3-1-10-22(24)20-23-11-2-4-13-25(23)26;;;;/h1-4,10-13,20,28-30H,5-9,14-19,21,27H2;4*1H. The number of nitrogens with two attached hydrogens (primary N) is 3. The van der Waals surface area contributed by atoms with Crippen LogP contribution >= 0.6 is 0 Å². The monoisotopic (exact) mass is 550 g/mol. The van der Waals surface area contributed by atoms with Crippen LogP contribution in [0.3, 0.4) is 0 Å². The molecule has 0 fully saturated rings. The first-order chi connectivity index (χ1) is 14.9. The molecule has 0 atom stereocenters. The van der Waals surface area contributed by atoms with Gasteiger partial charge in [0.25, 0.3) is 0 Å². The first-order valence-corrected chi connectivity index (χ1v) is 12.0. The maximum Gasteiger partial charge on any atom is 0.102 e. The van der Waals surface area contributed by atoms with Gasteiger partial charge in [-0.3, -0.25) is 0 Å². The first-order valence-electron chi connectivity index (χ1n) is 12.0. The van der Waals surface area contributed by atoms with E-state index in [1.165, 1.54) is 91.9 Å². The number of fused-ring (bicyclic) bond motifs is 2. The Balaban J connectivity index is 0. The van der Waals surface area contributed by atoms with Crippen LogP contribution in [0.4, 0.5) is 0 Å². The van der Waals surface area contributed by atoms with E-state index >= 15 is 0 Å². The topological polar surface area (TPSA) is 77.5 Å². The van der Waals surface area contributed by atoms with Crippen LogP contribution in [0, 0.1) is 0 Å². The highest BCUT2D eigenvalue weighted by atomic mass is 35.5. The van der Waals surface area contributed by atoms with Crippen LogP contribution in [0.15, 0.2) is 54.6 Å². The minimum atomic E-state index is 0. The van der Waals surface area contributed by atoms with Crippen LogP contribution < -0.4 is 71.3 Å². The molecule has 0 aliphatic rings. The van der Waals surface area contributed by atoms with E-state index in [0.29, 0.717) is 0 Å². The van der Waals surface area contributed by atoms with Gasteiger partial charge in [-0.2, -0.15) is 0 Å². The molecule has 9 N–H and O–H groups in total. The summed E-state index contributed by atoms with van der Waals surface area (Å²) in [6, 6.07) is 20.0. The molecule has 0 amide bonds. The van der Waals surface area contributed by atoms with E-state index in [2.05, 4.69) is 76.3 Å². The van der Waals surface area contributed by atoms with Crippen LogP contribution in [0.2, 0.25) is 0 Å². The number of hydrogen-bond donors (Lipinski definition) is 4. The summed E-state index contributed by atoms with van der Waals surface area (Å²) in [7, 11) is 0. The summed E-state index contributed by atoms with van der Waals surface area (Å²) in [5.74, 6) is 0. The second-order valence-corrected chi connectivity index (χ2v) is 8.43. The molecule has 0 aliphatic carbocycles. The van der Waals surface area contributed by atoms with Crippen molar-refractivity contribution in [3.8, 4) is 0 Å². The van der Waals surface area contributed by atoms with Crippen molar-refractivity contribution in [2.45, 2.75) is 38.6 Å². The second-order valence-electron chi connectivity index (χ2n) is 8.43. The fraction of sp³-hybridized carbons (Fsp3) is 0.462. The molecule has 0 spiro atoms. The Labute approximate surface area is 230 Å². The van der Waals surface area contributed by atoms with Crippen molar-refractivity contribution >= 4 is 21.5 Å². The highest BCUT2D eigenvalue weighted by Gasteiger charge is 2.08.